The molecule has 0 aromatic carbocycles. The maximum absolute atomic E-state index is 8.92. The molecule has 0 spiro atoms. The molecule has 15 heavy (non-hydrogen) atoms. The van der Waals surface area contributed by atoms with Crippen LogP contribution in [0.15, 0.2) is 0 Å². The molecule has 1 aromatic heterocycles. The quantitative estimate of drug-likeness (QED) is 0.861. The molecule has 0 amide bonds. The van der Waals surface area contributed by atoms with Crippen LogP contribution in [-0.2, 0) is 0 Å². The van der Waals surface area contributed by atoms with Crippen LogP contribution in [-0.4, -0.2) is 22.4 Å². The molecule has 0 aliphatic rings. The van der Waals surface area contributed by atoms with E-state index in [0.29, 0.717) is 10.8 Å². The number of aryl methyl sites for hydroxylation is 1. The van der Waals surface area contributed by atoms with Crippen molar-refractivity contribution in [3.05, 3.63) is 11.3 Å². The Kier molecular flexibility index (Phi) is 4.92. The van der Waals surface area contributed by atoms with Gasteiger partial charge in [-0.05, 0) is 31.1 Å². The summed E-state index contributed by atoms with van der Waals surface area (Å²) in [6, 6.07) is 2.18. The molecule has 0 saturated carbocycles. The van der Waals surface area contributed by atoms with E-state index in [1.54, 1.807) is 0 Å². The molecule has 3 nitrogen and oxygen atoms in total. The molecule has 1 unspecified atom stereocenters. The zero-order valence-corrected chi connectivity index (χ0v) is 10.8. The topological polar surface area (TPSA) is 48.7 Å². The smallest absolute Gasteiger partial charge is 0.127 e. The number of rotatable bonds is 5. The van der Waals surface area contributed by atoms with Crippen LogP contribution in [0.2, 0.25) is 0 Å². The van der Waals surface area contributed by atoms with Crippen molar-refractivity contribution >= 4 is 28.3 Å². The number of hydrogen-bond acceptors (Lipinski definition) is 5. The highest BCUT2D eigenvalue weighted by molar-refractivity contribution is 7.99. The van der Waals surface area contributed by atoms with Gasteiger partial charge in [0.2, 0.25) is 0 Å². The van der Waals surface area contributed by atoms with Crippen molar-refractivity contribution in [1.82, 2.24) is 4.37 Å². The number of aromatic nitrogens is 1. The third kappa shape index (κ3) is 3.40. The van der Waals surface area contributed by atoms with E-state index in [2.05, 4.69) is 28.9 Å². The van der Waals surface area contributed by atoms with E-state index in [0.717, 1.165) is 23.7 Å². The summed E-state index contributed by atoms with van der Waals surface area (Å²) in [5, 5.41) is 13.7. The predicted octanol–water partition coefficient (Wildman–Crippen LogP) is 2.88. The van der Waals surface area contributed by atoms with Gasteiger partial charge in [0.15, 0.2) is 0 Å². The summed E-state index contributed by atoms with van der Waals surface area (Å²) in [7, 11) is 0. The summed E-state index contributed by atoms with van der Waals surface area (Å²) in [6.45, 7) is 4.97. The number of nitrogens with one attached hydrogen (secondary N) is 1. The highest BCUT2D eigenvalue weighted by atomic mass is 32.2. The van der Waals surface area contributed by atoms with E-state index >= 15 is 0 Å². The Labute approximate surface area is 99.1 Å². The zero-order valence-electron chi connectivity index (χ0n) is 9.20. The first-order valence-corrected chi connectivity index (χ1v) is 6.88. The number of hydrogen-bond donors (Lipinski definition) is 1. The predicted molar refractivity (Wildman–Crippen MR) is 67.6 cm³/mol. The van der Waals surface area contributed by atoms with Crippen molar-refractivity contribution in [2.75, 3.05) is 18.1 Å². The van der Waals surface area contributed by atoms with E-state index in [9.17, 15) is 0 Å². The average molecular weight is 241 g/mol. The Morgan fingerprint density at radius 3 is 3.00 bits per heavy atom. The second-order valence-corrected chi connectivity index (χ2v) is 5.40. The van der Waals surface area contributed by atoms with Crippen LogP contribution in [0.1, 0.15) is 24.6 Å². The minimum Gasteiger partial charge on any atom is -0.375 e. The first-order chi connectivity index (χ1) is 7.19. The van der Waals surface area contributed by atoms with E-state index in [1.165, 1.54) is 11.5 Å². The Hall–Kier alpha value is -0.730. The summed E-state index contributed by atoms with van der Waals surface area (Å²) < 4.78 is 4.16. The molecule has 1 N–H and O–H groups in total. The third-order valence-electron chi connectivity index (χ3n) is 2.21. The standard InChI is InChI=1S/C10H15N3S2/c1-7(14-3)4-5-12-10-9(6-11)8(2)13-15-10/h7,12H,4-5H2,1-3H3. The Bertz CT molecular complexity index is 354. The number of nitrogens with zero attached hydrogens (tertiary/aromatic N) is 2. The van der Waals surface area contributed by atoms with Crippen molar-refractivity contribution in [2.24, 2.45) is 0 Å². The number of nitriles is 1. The summed E-state index contributed by atoms with van der Waals surface area (Å²) in [5.74, 6) is 0. The van der Waals surface area contributed by atoms with Crippen molar-refractivity contribution in [2.45, 2.75) is 25.5 Å². The van der Waals surface area contributed by atoms with E-state index < -0.39 is 0 Å². The van der Waals surface area contributed by atoms with Crippen molar-refractivity contribution in [3.63, 3.8) is 0 Å². The fourth-order valence-corrected chi connectivity index (χ4v) is 2.25. The molecule has 0 fully saturated rings. The Morgan fingerprint density at radius 2 is 2.40 bits per heavy atom. The average Bonchev–Trinajstić information content (AvgIpc) is 2.59. The van der Waals surface area contributed by atoms with Gasteiger partial charge in [0.1, 0.15) is 16.6 Å². The first kappa shape index (κ1) is 12.3. The van der Waals surface area contributed by atoms with Crippen molar-refractivity contribution in [1.29, 1.82) is 5.26 Å². The molecule has 1 rings (SSSR count). The third-order valence-corrected chi connectivity index (χ3v) is 4.15. The molecule has 0 radical (unpaired) electrons. The Balaban J connectivity index is 2.48. The van der Waals surface area contributed by atoms with Gasteiger partial charge in [-0.2, -0.15) is 21.4 Å². The lowest BCUT2D eigenvalue weighted by Gasteiger charge is -2.08. The zero-order chi connectivity index (χ0) is 11.3. The largest absolute Gasteiger partial charge is 0.375 e. The lowest BCUT2D eigenvalue weighted by Crippen LogP contribution is -2.07. The van der Waals surface area contributed by atoms with E-state index in [4.69, 9.17) is 5.26 Å². The molecular formula is C10H15N3S2. The fourth-order valence-electron chi connectivity index (χ4n) is 1.13. The molecule has 0 saturated heterocycles. The van der Waals surface area contributed by atoms with Gasteiger partial charge in [0.05, 0.1) is 5.69 Å². The molecule has 0 aliphatic carbocycles. The molecule has 1 aromatic rings. The maximum Gasteiger partial charge on any atom is 0.127 e. The number of anilines is 1. The summed E-state index contributed by atoms with van der Waals surface area (Å²) in [4.78, 5) is 0. The van der Waals surface area contributed by atoms with Crippen molar-refractivity contribution < 1.29 is 0 Å². The minimum absolute atomic E-state index is 0.650. The molecule has 0 aliphatic heterocycles. The highest BCUT2D eigenvalue weighted by Crippen LogP contribution is 2.23. The SMILES string of the molecule is CSC(C)CCNc1snc(C)c1C#N. The molecule has 1 heterocycles. The summed E-state index contributed by atoms with van der Waals surface area (Å²) >= 11 is 3.23. The van der Waals surface area contributed by atoms with Gasteiger partial charge >= 0.3 is 0 Å². The highest BCUT2D eigenvalue weighted by Gasteiger charge is 2.09. The van der Waals surface area contributed by atoms with Crippen molar-refractivity contribution in [3.8, 4) is 6.07 Å². The van der Waals surface area contributed by atoms with Crippen LogP contribution in [0.5, 0.6) is 0 Å². The number of thioether (sulfide) groups is 1. The first-order valence-electron chi connectivity index (χ1n) is 4.82. The Morgan fingerprint density at radius 1 is 1.67 bits per heavy atom. The lowest BCUT2D eigenvalue weighted by atomic mass is 10.2. The van der Waals surface area contributed by atoms with Crippen LogP contribution in [0.3, 0.4) is 0 Å². The van der Waals surface area contributed by atoms with Gasteiger partial charge < -0.3 is 5.32 Å². The van der Waals surface area contributed by atoms with Gasteiger partial charge in [-0.1, -0.05) is 6.92 Å². The van der Waals surface area contributed by atoms with Gasteiger partial charge in [-0.25, -0.2) is 0 Å². The van der Waals surface area contributed by atoms with Crippen LogP contribution >= 0.6 is 23.3 Å². The molecule has 5 heteroatoms. The lowest BCUT2D eigenvalue weighted by molar-refractivity contribution is 0.855. The molecule has 82 valence electrons. The van der Waals surface area contributed by atoms with Gasteiger partial charge in [0.25, 0.3) is 0 Å². The van der Waals surface area contributed by atoms with Crippen LogP contribution < -0.4 is 5.32 Å². The normalized spacial score (nSPS) is 12.1. The minimum atomic E-state index is 0.650. The fraction of sp³-hybridized carbons (Fsp3) is 0.600. The molecule has 1 atom stereocenters. The molecular weight excluding hydrogens is 226 g/mol. The van der Waals surface area contributed by atoms with E-state index in [1.807, 2.05) is 18.7 Å². The van der Waals surface area contributed by atoms with Gasteiger partial charge in [-0.15, -0.1) is 0 Å². The van der Waals surface area contributed by atoms with Gasteiger partial charge in [0, 0.05) is 11.8 Å². The van der Waals surface area contributed by atoms with E-state index in [-0.39, 0.29) is 0 Å². The monoisotopic (exact) mass is 241 g/mol. The van der Waals surface area contributed by atoms with Gasteiger partial charge in [-0.3, -0.25) is 0 Å². The maximum atomic E-state index is 8.92. The summed E-state index contributed by atoms with van der Waals surface area (Å²) in [5.41, 5.74) is 1.51. The van der Waals surface area contributed by atoms with Crippen LogP contribution in [0.25, 0.3) is 0 Å². The second-order valence-electron chi connectivity index (χ2n) is 3.35. The summed E-state index contributed by atoms with van der Waals surface area (Å²) in [6.07, 6.45) is 3.21. The van der Waals surface area contributed by atoms with Crippen LogP contribution in [0, 0.1) is 18.3 Å². The molecule has 0 bridgehead atoms. The van der Waals surface area contributed by atoms with Crippen LogP contribution in [0.4, 0.5) is 5.00 Å². The second kappa shape index (κ2) is 5.99.